The maximum absolute atomic E-state index is 12.1. The molecule has 0 saturated carbocycles. The molecule has 0 saturated heterocycles. The first-order chi connectivity index (χ1) is 10.1. The van der Waals surface area contributed by atoms with E-state index in [1.807, 2.05) is 11.8 Å². The number of fused-ring (bicyclic) bond motifs is 1. The highest BCUT2D eigenvalue weighted by atomic mass is 32.1. The lowest BCUT2D eigenvalue weighted by molar-refractivity contribution is -0.134. The average Bonchev–Trinajstić information content (AvgIpc) is 2.97. The van der Waals surface area contributed by atoms with Crippen LogP contribution in [0.15, 0.2) is 11.4 Å². The summed E-state index contributed by atoms with van der Waals surface area (Å²) in [7, 11) is 0. The molecule has 1 atom stereocenters. The minimum atomic E-state index is -0.128. The second-order valence-corrected chi connectivity index (χ2v) is 6.53. The molecular weight excluding hydrogens is 288 g/mol. The van der Waals surface area contributed by atoms with Gasteiger partial charge in [0.15, 0.2) is 0 Å². The van der Waals surface area contributed by atoms with Crippen molar-refractivity contribution in [3.63, 3.8) is 0 Å². The molecule has 1 aromatic rings. The lowest BCUT2D eigenvalue weighted by Gasteiger charge is -2.27. The topological polar surface area (TPSA) is 69.6 Å². The summed E-state index contributed by atoms with van der Waals surface area (Å²) in [6, 6.07) is 2.07. The van der Waals surface area contributed by atoms with Gasteiger partial charge in [-0.2, -0.15) is 0 Å². The molecule has 0 spiro atoms. The quantitative estimate of drug-likeness (QED) is 0.828. The van der Waals surface area contributed by atoms with Crippen molar-refractivity contribution in [2.75, 3.05) is 19.7 Å². The molecule has 0 aromatic carbocycles. The van der Waals surface area contributed by atoms with Crippen molar-refractivity contribution < 1.29 is 14.7 Å². The van der Waals surface area contributed by atoms with Gasteiger partial charge in [0.25, 0.3) is 0 Å². The molecule has 21 heavy (non-hydrogen) atoms. The van der Waals surface area contributed by atoms with Gasteiger partial charge in [-0.25, -0.2) is 0 Å². The number of amides is 2. The SMILES string of the molecule is CC(CO)CNC(=O)CCC(=O)N1CCc2sccc2C1. The van der Waals surface area contributed by atoms with E-state index in [0.29, 0.717) is 13.1 Å². The molecule has 0 radical (unpaired) electrons. The second-order valence-electron chi connectivity index (χ2n) is 5.53. The summed E-state index contributed by atoms with van der Waals surface area (Å²) >= 11 is 1.75. The van der Waals surface area contributed by atoms with Crippen LogP contribution in [-0.2, 0) is 22.6 Å². The number of aliphatic hydroxyl groups is 1. The number of hydrogen-bond acceptors (Lipinski definition) is 4. The number of thiophene rings is 1. The van der Waals surface area contributed by atoms with E-state index in [4.69, 9.17) is 5.11 Å². The Kier molecular flexibility index (Phi) is 5.76. The number of aliphatic hydroxyl groups excluding tert-OH is 1. The van der Waals surface area contributed by atoms with E-state index in [2.05, 4.69) is 16.8 Å². The third-order valence-electron chi connectivity index (χ3n) is 3.69. The van der Waals surface area contributed by atoms with Gasteiger partial charge in [-0.1, -0.05) is 6.92 Å². The normalized spacial score (nSPS) is 15.4. The van der Waals surface area contributed by atoms with Crippen LogP contribution in [0.2, 0.25) is 0 Å². The summed E-state index contributed by atoms with van der Waals surface area (Å²) in [4.78, 5) is 27.0. The van der Waals surface area contributed by atoms with Crippen LogP contribution in [0.3, 0.4) is 0 Å². The molecule has 2 amide bonds. The maximum atomic E-state index is 12.1. The van der Waals surface area contributed by atoms with Crippen LogP contribution in [0.4, 0.5) is 0 Å². The number of nitrogens with one attached hydrogen (secondary N) is 1. The van der Waals surface area contributed by atoms with Crippen molar-refractivity contribution in [2.45, 2.75) is 32.7 Å². The van der Waals surface area contributed by atoms with Crippen LogP contribution in [0, 0.1) is 5.92 Å². The zero-order valence-corrected chi connectivity index (χ0v) is 13.1. The zero-order valence-electron chi connectivity index (χ0n) is 12.3. The van der Waals surface area contributed by atoms with E-state index in [9.17, 15) is 9.59 Å². The Bertz CT molecular complexity index is 501. The smallest absolute Gasteiger partial charge is 0.223 e. The molecule has 2 heterocycles. The number of nitrogens with zero attached hydrogens (tertiary/aromatic N) is 1. The summed E-state index contributed by atoms with van der Waals surface area (Å²) in [6.07, 6.45) is 1.38. The molecule has 6 heteroatoms. The van der Waals surface area contributed by atoms with Crippen molar-refractivity contribution >= 4 is 23.2 Å². The van der Waals surface area contributed by atoms with Gasteiger partial charge in [0.1, 0.15) is 0 Å². The predicted molar refractivity (Wildman–Crippen MR) is 81.9 cm³/mol. The minimum Gasteiger partial charge on any atom is -0.396 e. The van der Waals surface area contributed by atoms with Crippen LogP contribution in [0.1, 0.15) is 30.2 Å². The largest absolute Gasteiger partial charge is 0.396 e. The van der Waals surface area contributed by atoms with E-state index in [1.165, 1.54) is 10.4 Å². The third-order valence-corrected chi connectivity index (χ3v) is 4.71. The Morgan fingerprint density at radius 2 is 2.29 bits per heavy atom. The molecule has 0 aliphatic carbocycles. The Balaban J connectivity index is 1.72. The lowest BCUT2D eigenvalue weighted by Crippen LogP contribution is -2.36. The van der Waals surface area contributed by atoms with E-state index < -0.39 is 0 Å². The Labute approximate surface area is 129 Å². The fourth-order valence-corrected chi connectivity index (χ4v) is 3.17. The van der Waals surface area contributed by atoms with Crippen LogP contribution in [0.25, 0.3) is 0 Å². The summed E-state index contributed by atoms with van der Waals surface area (Å²) in [5, 5.41) is 13.7. The van der Waals surface area contributed by atoms with Crippen molar-refractivity contribution in [1.29, 1.82) is 0 Å². The third kappa shape index (κ3) is 4.54. The van der Waals surface area contributed by atoms with E-state index in [-0.39, 0.29) is 37.2 Å². The standard InChI is InChI=1S/C15H22N2O3S/c1-11(10-18)8-16-14(19)2-3-15(20)17-6-4-13-12(9-17)5-7-21-13/h5,7,11,18H,2-4,6,8-10H2,1H3,(H,16,19). The highest BCUT2D eigenvalue weighted by molar-refractivity contribution is 7.10. The highest BCUT2D eigenvalue weighted by Gasteiger charge is 2.21. The van der Waals surface area contributed by atoms with Gasteiger partial charge in [-0.3, -0.25) is 9.59 Å². The number of carbonyl (C=O) groups is 2. The molecule has 1 unspecified atom stereocenters. The van der Waals surface area contributed by atoms with Gasteiger partial charge in [-0.15, -0.1) is 11.3 Å². The van der Waals surface area contributed by atoms with Gasteiger partial charge >= 0.3 is 0 Å². The number of rotatable bonds is 6. The van der Waals surface area contributed by atoms with Crippen molar-refractivity contribution in [1.82, 2.24) is 10.2 Å². The Hall–Kier alpha value is -1.40. The summed E-state index contributed by atoms with van der Waals surface area (Å²) < 4.78 is 0. The molecule has 0 fully saturated rings. The first-order valence-corrected chi connectivity index (χ1v) is 8.18. The molecule has 2 rings (SSSR count). The average molecular weight is 310 g/mol. The van der Waals surface area contributed by atoms with Crippen LogP contribution >= 0.6 is 11.3 Å². The van der Waals surface area contributed by atoms with Gasteiger partial charge in [0.2, 0.25) is 11.8 Å². The van der Waals surface area contributed by atoms with Gasteiger partial charge in [0.05, 0.1) is 0 Å². The molecule has 0 bridgehead atoms. The lowest BCUT2D eigenvalue weighted by atomic mass is 10.1. The zero-order chi connectivity index (χ0) is 15.2. The van der Waals surface area contributed by atoms with Gasteiger partial charge in [0, 0.05) is 44.0 Å². The van der Waals surface area contributed by atoms with Crippen molar-refractivity contribution in [3.8, 4) is 0 Å². The van der Waals surface area contributed by atoms with E-state index >= 15 is 0 Å². The second kappa shape index (κ2) is 7.56. The van der Waals surface area contributed by atoms with Crippen LogP contribution in [0.5, 0.6) is 0 Å². The number of carbonyl (C=O) groups excluding carboxylic acids is 2. The van der Waals surface area contributed by atoms with Crippen molar-refractivity contribution in [3.05, 3.63) is 21.9 Å². The monoisotopic (exact) mass is 310 g/mol. The maximum Gasteiger partial charge on any atom is 0.223 e. The first kappa shape index (κ1) is 16.0. The predicted octanol–water partition coefficient (Wildman–Crippen LogP) is 1.16. The molecule has 1 aromatic heterocycles. The molecule has 5 nitrogen and oxygen atoms in total. The summed E-state index contributed by atoms with van der Waals surface area (Å²) in [5.74, 6) is -0.0437. The molecular formula is C15H22N2O3S. The molecule has 1 aliphatic rings. The minimum absolute atomic E-state index is 0.0391. The first-order valence-electron chi connectivity index (χ1n) is 7.30. The Morgan fingerprint density at radius 1 is 1.48 bits per heavy atom. The highest BCUT2D eigenvalue weighted by Crippen LogP contribution is 2.24. The van der Waals surface area contributed by atoms with Crippen LogP contribution < -0.4 is 5.32 Å². The molecule has 1 aliphatic heterocycles. The van der Waals surface area contributed by atoms with Crippen LogP contribution in [-0.4, -0.2) is 41.5 Å². The molecule has 116 valence electrons. The molecule has 2 N–H and O–H groups in total. The van der Waals surface area contributed by atoms with Gasteiger partial charge in [-0.05, 0) is 29.3 Å². The fourth-order valence-electron chi connectivity index (χ4n) is 2.28. The summed E-state index contributed by atoms with van der Waals surface area (Å²) in [5.41, 5.74) is 1.24. The number of hydrogen-bond donors (Lipinski definition) is 2. The Morgan fingerprint density at radius 3 is 3.05 bits per heavy atom. The fraction of sp³-hybridized carbons (Fsp3) is 0.600. The van der Waals surface area contributed by atoms with E-state index in [1.54, 1.807) is 11.3 Å². The summed E-state index contributed by atoms with van der Waals surface area (Å²) in [6.45, 7) is 3.77. The van der Waals surface area contributed by atoms with Gasteiger partial charge < -0.3 is 15.3 Å². The van der Waals surface area contributed by atoms with E-state index in [0.717, 1.165) is 13.0 Å². The van der Waals surface area contributed by atoms with Crippen molar-refractivity contribution in [2.24, 2.45) is 5.92 Å².